The van der Waals surface area contributed by atoms with Crippen LogP contribution >= 0.6 is 11.6 Å². The molecule has 0 aliphatic carbocycles. The minimum Gasteiger partial charge on any atom is -0.308 e. The van der Waals surface area contributed by atoms with E-state index in [9.17, 15) is 0 Å². The van der Waals surface area contributed by atoms with Gasteiger partial charge < -0.3 is 5.43 Å². The third-order valence-corrected chi connectivity index (χ3v) is 2.02. The molecule has 3 nitrogen and oxygen atoms in total. The second-order valence-electron chi connectivity index (χ2n) is 3.92. The van der Waals surface area contributed by atoms with Gasteiger partial charge in [-0.05, 0) is 11.5 Å². The summed E-state index contributed by atoms with van der Waals surface area (Å²) < 4.78 is 0. The molecule has 0 radical (unpaired) electrons. The second-order valence-corrected chi connectivity index (χ2v) is 4.31. The first-order valence-electron chi connectivity index (χ1n) is 4.09. The van der Waals surface area contributed by atoms with Crippen LogP contribution in [0.2, 0.25) is 5.15 Å². The lowest BCUT2D eigenvalue weighted by molar-refractivity contribution is 0.589. The molecule has 1 aromatic rings. The molecule has 1 aromatic heterocycles. The Kier molecular flexibility index (Phi) is 2.78. The van der Waals surface area contributed by atoms with Crippen LogP contribution in [-0.2, 0) is 5.41 Å². The quantitative estimate of drug-likeness (QED) is 0.415. The summed E-state index contributed by atoms with van der Waals surface area (Å²) in [4.78, 5) is 4.09. The van der Waals surface area contributed by atoms with E-state index in [0.29, 0.717) is 11.0 Å². The van der Waals surface area contributed by atoms with Crippen molar-refractivity contribution < 1.29 is 0 Å². The number of pyridine rings is 1. The van der Waals surface area contributed by atoms with Crippen LogP contribution in [0.5, 0.6) is 0 Å². The molecule has 1 heterocycles. The van der Waals surface area contributed by atoms with Gasteiger partial charge in [0.25, 0.3) is 0 Å². The Hall–Kier alpha value is -0.800. The lowest BCUT2D eigenvalue weighted by Gasteiger charge is -2.21. The van der Waals surface area contributed by atoms with E-state index in [1.807, 2.05) is 6.07 Å². The fourth-order valence-electron chi connectivity index (χ4n) is 1.15. The zero-order valence-electron chi connectivity index (χ0n) is 8.06. The van der Waals surface area contributed by atoms with Gasteiger partial charge in [-0.25, -0.2) is 10.8 Å². The summed E-state index contributed by atoms with van der Waals surface area (Å²) in [7, 11) is 0. The standard InChI is InChI=1S/C9H14ClN3/c1-9(2,3)6-4-5-7(10)12-8(6)13-11/h4-5H,11H2,1-3H3,(H,12,13). The van der Waals surface area contributed by atoms with Gasteiger partial charge in [-0.1, -0.05) is 38.4 Å². The number of halogens is 1. The van der Waals surface area contributed by atoms with Crippen LogP contribution in [0.1, 0.15) is 26.3 Å². The molecule has 0 bridgehead atoms. The van der Waals surface area contributed by atoms with Crippen LogP contribution in [-0.4, -0.2) is 4.98 Å². The minimum absolute atomic E-state index is 0.0132. The van der Waals surface area contributed by atoms with Crippen LogP contribution in [0.15, 0.2) is 12.1 Å². The SMILES string of the molecule is CC(C)(C)c1ccc(Cl)nc1NN. The van der Waals surface area contributed by atoms with E-state index in [0.717, 1.165) is 5.56 Å². The molecule has 0 aromatic carbocycles. The first kappa shape index (κ1) is 10.3. The summed E-state index contributed by atoms with van der Waals surface area (Å²) in [6.07, 6.45) is 0. The highest BCUT2D eigenvalue weighted by Gasteiger charge is 2.18. The van der Waals surface area contributed by atoms with E-state index >= 15 is 0 Å². The predicted octanol–water partition coefficient (Wildman–Crippen LogP) is 2.32. The number of nitrogens with zero attached hydrogens (tertiary/aromatic N) is 1. The van der Waals surface area contributed by atoms with Crippen molar-refractivity contribution in [1.82, 2.24) is 4.98 Å². The number of hydrazine groups is 1. The van der Waals surface area contributed by atoms with Crippen molar-refractivity contribution >= 4 is 17.4 Å². The fraction of sp³-hybridized carbons (Fsp3) is 0.444. The fourth-order valence-corrected chi connectivity index (χ4v) is 1.30. The Labute approximate surface area is 83.3 Å². The summed E-state index contributed by atoms with van der Waals surface area (Å²) in [5.41, 5.74) is 3.62. The van der Waals surface area contributed by atoms with Gasteiger partial charge in [-0.2, -0.15) is 0 Å². The van der Waals surface area contributed by atoms with Gasteiger partial charge in [0, 0.05) is 5.56 Å². The van der Waals surface area contributed by atoms with Crippen molar-refractivity contribution in [3.05, 3.63) is 22.8 Å². The lowest BCUT2D eigenvalue weighted by Crippen LogP contribution is -2.18. The number of hydrogen-bond donors (Lipinski definition) is 2. The lowest BCUT2D eigenvalue weighted by atomic mass is 9.87. The number of rotatable bonds is 1. The molecule has 0 unspecified atom stereocenters. The molecular weight excluding hydrogens is 186 g/mol. The summed E-state index contributed by atoms with van der Waals surface area (Å²) in [6.45, 7) is 6.29. The Balaban J connectivity index is 3.22. The van der Waals surface area contributed by atoms with Gasteiger partial charge in [0.1, 0.15) is 11.0 Å². The average molecular weight is 200 g/mol. The van der Waals surface area contributed by atoms with Crippen molar-refractivity contribution in [1.29, 1.82) is 0 Å². The van der Waals surface area contributed by atoms with Gasteiger partial charge >= 0.3 is 0 Å². The number of hydrogen-bond acceptors (Lipinski definition) is 3. The average Bonchev–Trinajstić information content (AvgIpc) is 2.01. The number of nitrogen functional groups attached to an aromatic ring is 1. The molecule has 0 aliphatic rings. The van der Waals surface area contributed by atoms with Crippen molar-refractivity contribution in [2.24, 2.45) is 5.84 Å². The van der Waals surface area contributed by atoms with E-state index in [1.165, 1.54) is 0 Å². The Morgan fingerprint density at radius 1 is 1.38 bits per heavy atom. The topological polar surface area (TPSA) is 50.9 Å². The summed E-state index contributed by atoms with van der Waals surface area (Å²) in [5, 5.41) is 0.445. The minimum atomic E-state index is 0.0132. The van der Waals surface area contributed by atoms with E-state index in [2.05, 4.69) is 31.2 Å². The zero-order valence-corrected chi connectivity index (χ0v) is 8.81. The highest BCUT2D eigenvalue weighted by Crippen LogP contribution is 2.28. The molecule has 4 heteroatoms. The molecule has 0 fully saturated rings. The summed E-state index contributed by atoms with van der Waals surface area (Å²) >= 11 is 5.74. The largest absolute Gasteiger partial charge is 0.308 e. The molecule has 0 atom stereocenters. The maximum Gasteiger partial charge on any atom is 0.145 e. The third-order valence-electron chi connectivity index (χ3n) is 1.81. The monoisotopic (exact) mass is 199 g/mol. The molecule has 3 N–H and O–H groups in total. The van der Waals surface area contributed by atoms with Gasteiger partial charge in [-0.15, -0.1) is 0 Å². The van der Waals surface area contributed by atoms with E-state index in [-0.39, 0.29) is 5.41 Å². The van der Waals surface area contributed by atoms with Crippen LogP contribution in [0.4, 0.5) is 5.82 Å². The van der Waals surface area contributed by atoms with E-state index < -0.39 is 0 Å². The Morgan fingerprint density at radius 2 is 2.00 bits per heavy atom. The van der Waals surface area contributed by atoms with Crippen LogP contribution in [0.25, 0.3) is 0 Å². The third kappa shape index (κ3) is 2.32. The van der Waals surface area contributed by atoms with Crippen molar-refractivity contribution in [2.75, 3.05) is 5.43 Å². The van der Waals surface area contributed by atoms with Gasteiger partial charge in [0.2, 0.25) is 0 Å². The van der Waals surface area contributed by atoms with E-state index in [1.54, 1.807) is 6.07 Å². The maximum absolute atomic E-state index is 5.74. The van der Waals surface area contributed by atoms with E-state index in [4.69, 9.17) is 17.4 Å². The second kappa shape index (κ2) is 3.52. The normalized spacial score (nSPS) is 11.5. The molecule has 0 aliphatic heterocycles. The number of nitrogens with one attached hydrogen (secondary N) is 1. The molecule has 0 saturated carbocycles. The molecule has 13 heavy (non-hydrogen) atoms. The van der Waals surface area contributed by atoms with Crippen LogP contribution in [0.3, 0.4) is 0 Å². The molecule has 0 saturated heterocycles. The molecule has 0 spiro atoms. The first-order chi connectivity index (χ1) is 5.95. The highest BCUT2D eigenvalue weighted by molar-refractivity contribution is 6.29. The number of aromatic nitrogens is 1. The maximum atomic E-state index is 5.74. The van der Waals surface area contributed by atoms with Crippen molar-refractivity contribution in [3.8, 4) is 0 Å². The first-order valence-corrected chi connectivity index (χ1v) is 4.46. The number of nitrogens with two attached hydrogens (primary N) is 1. The van der Waals surface area contributed by atoms with Crippen LogP contribution in [0, 0.1) is 0 Å². The predicted molar refractivity (Wildman–Crippen MR) is 55.8 cm³/mol. The molecule has 72 valence electrons. The van der Waals surface area contributed by atoms with Gasteiger partial charge in [-0.3, -0.25) is 0 Å². The highest BCUT2D eigenvalue weighted by atomic mass is 35.5. The summed E-state index contributed by atoms with van der Waals surface area (Å²) in [6, 6.07) is 3.70. The number of anilines is 1. The van der Waals surface area contributed by atoms with Crippen molar-refractivity contribution in [3.63, 3.8) is 0 Å². The van der Waals surface area contributed by atoms with Gasteiger partial charge in [0.15, 0.2) is 0 Å². The zero-order chi connectivity index (χ0) is 10.1. The molecule has 0 amide bonds. The van der Waals surface area contributed by atoms with Gasteiger partial charge in [0.05, 0.1) is 0 Å². The smallest absolute Gasteiger partial charge is 0.145 e. The Morgan fingerprint density at radius 3 is 2.46 bits per heavy atom. The van der Waals surface area contributed by atoms with Crippen molar-refractivity contribution in [2.45, 2.75) is 26.2 Å². The molecular formula is C9H14ClN3. The van der Waals surface area contributed by atoms with Crippen LogP contribution < -0.4 is 11.3 Å². The Bertz CT molecular complexity index is 304. The molecule has 1 rings (SSSR count). The summed E-state index contributed by atoms with van der Waals surface area (Å²) in [5.74, 6) is 5.98.